The number of H-pyrrole nitrogens is 1. The Bertz CT molecular complexity index is 1660. The maximum atomic E-state index is 13.1. The van der Waals surface area contributed by atoms with Crippen LogP contribution in [-0.2, 0) is 4.79 Å². The van der Waals surface area contributed by atoms with E-state index in [2.05, 4.69) is 25.5 Å². The Labute approximate surface area is 196 Å². The first-order valence-electron chi connectivity index (χ1n) is 10.5. The molecular formula is C25H15N5O3S. The van der Waals surface area contributed by atoms with Crippen molar-refractivity contribution < 1.29 is 14.4 Å². The van der Waals surface area contributed by atoms with Gasteiger partial charge in [-0.15, -0.1) is 10.2 Å². The van der Waals surface area contributed by atoms with Gasteiger partial charge in [0, 0.05) is 27.6 Å². The minimum atomic E-state index is -0.349. The van der Waals surface area contributed by atoms with Crippen LogP contribution < -0.4 is 5.32 Å². The van der Waals surface area contributed by atoms with Crippen LogP contribution in [0.2, 0.25) is 0 Å². The average Bonchev–Trinajstić information content (AvgIpc) is 3.24. The lowest BCUT2D eigenvalue weighted by Crippen LogP contribution is -2.24. The number of hydrogen-bond donors (Lipinski definition) is 2. The normalized spacial score (nSPS) is 12.6. The molecule has 34 heavy (non-hydrogen) atoms. The van der Waals surface area contributed by atoms with Gasteiger partial charge in [0.2, 0.25) is 11.1 Å². The highest BCUT2D eigenvalue weighted by Gasteiger charge is 2.31. The van der Waals surface area contributed by atoms with Crippen molar-refractivity contribution in [1.82, 2.24) is 20.2 Å². The molecule has 2 N–H and O–H groups in total. The molecule has 2 heterocycles. The molecule has 0 bridgehead atoms. The van der Waals surface area contributed by atoms with Crippen LogP contribution in [0.4, 0.5) is 5.69 Å². The Morgan fingerprint density at radius 3 is 2.44 bits per heavy atom. The Morgan fingerprint density at radius 1 is 0.853 bits per heavy atom. The summed E-state index contributed by atoms with van der Waals surface area (Å²) in [5, 5.41) is 12.4. The van der Waals surface area contributed by atoms with Crippen molar-refractivity contribution in [3.63, 3.8) is 0 Å². The zero-order valence-electron chi connectivity index (χ0n) is 17.5. The molecular weight excluding hydrogens is 450 g/mol. The van der Waals surface area contributed by atoms with Crippen LogP contribution in [0.3, 0.4) is 0 Å². The number of fused-ring (bicyclic) bond motifs is 5. The number of para-hydroxylation sites is 1. The molecule has 1 aliphatic carbocycles. The molecule has 0 unspecified atom stereocenters. The summed E-state index contributed by atoms with van der Waals surface area (Å²) in [6.45, 7) is 0. The maximum absolute atomic E-state index is 13.1. The van der Waals surface area contributed by atoms with E-state index in [4.69, 9.17) is 0 Å². The number of aromatic nitrogens is 4. The molecule has 0 saturated carbocycles. The van der Waals surface area contributed by atoms with Crippen LogP contribution in [-0.4, -0.2) is 43.4 Å². The smallest absolute Gasteiger partial charge is 0.234 e. The van der Waals surface area contributed by atoms with E-state index in [1.54, 1.807) is 42.5 Å². The zero-order chi connectivity index (χ0) is 23.2. The van der Waals surface area contributed by atoms with Crippen LogP contribution >= 0.6 is 11.8 Å². The molecule has 1 amide bonds. The fraction of sp³-hybridized carbons (Fsp3) is 0.0400. The molecule has 0 radical (unpaired) electrons. The first-order chi connectivity index (χ1) is 16.6. The number of anilines is 1. The van der Waals surface area contributed by atoms with E-state index in [1.165, 1.54) is 0 Å². The molecule has 0 fully saturated rings. The van der Waals surface area contributed by atoms with Gasteiger partial charge in [-0.05, 0) is 12.1 Å². The van der Waals surface area contributed by atoms with Crippen molar-refractivity contribution in [2.24, 2.45) is 0 Å². The molecule has 0 aliphatic heterocycles. The molecule has 8 nitrogen and oxygen atoms in total. The van der Waals surface area contributed by atoms with Crippen molar-refractivity contribution in [2.45, 2.75) is 5.16 Å². The molecule has 6 rings (SSSR count). The first kappa shape index (κ1) is 20.3. The third-order valence-electron chi connectivity index (χ3n) is 5.66. The Kier molecular flexibility index (Phi) is 4.70. The van der Waals surface area contributed by atoms with E-state index in [1.807, 2.05) is 24.3 Å². The Hall–Kier alpha value is -4.37. The quantitative estimate of drug-likeness (QED) is 0.378. The summed E-state index contributed by atoms with van der Waals surface area (Å²) in [6.07, 6.45) is 0. The van der Waals surface area contributed by atoms with E-state index < -0.39 is 0 Å². The van der Waals surface area contributed by atoms with E-state index >= 15 is 0 Å². The number of carbonyl (C=O) groups excluding carboxylic acids is 3. The summed E-state index contributed by atoms with van der Waals surface area (Å²) in [7, 11) is 0. The topological polar surface area (TPSA) is 118 Å². The first-order valence-corrected chi connectivity index (χ1v) is 11.4. The van der Waals surface area contributed by atoms with Gasteiger partial charge >= 0.3 is 0 Å². The number of nitrogens with one attached hydrogen (secondary N) is 2. The molecule has 0 atom stereocenters. The minimum Gasteiger partial charge on any atom is -0.338 e. The lowest BCUT2D eigenvalue weighted by molar-refractivity contribution is -0.113. The lowest BCUT2D eigenvalue weighted by Gasteiger charge is -2.20. The van der Waals surface area contributed by atoms with Gasteiger partial charge in [0.1, 0.15) is 5.52 Å². The molecule has 3 aromatic carbocycles. The van der Waals surface area contributed by atoms with Crippen molar-refractivity contribution in [3.05, 3.63) is 89.0 Å². The van der Waals surface area contributed by atoms with E-state index in [0.29, 0.717) is 33.1 Å². The lowest BCUT2D eigenvalue weighted by atomic mass is 9.83. The number of carbonyl (C=O) groups is 3. The number of aromatic amines is 1. The van der Waals surface area contributed by atoms with Gasteiger partial charge in [-0.25, -0.2) is 4.98 Å². The maximum Gasteiger partial charge on any atom is 0.234 e. The number of hydrogen-bond acceptors (Lipinski definition) is 7. The second-order valence-electron chi connectivity index (χ2n) is 7.73. The molecule has 0 spiro atoms. The van der Waals surface area contributed by atoms with Gasteiger partial charge in [-0.3, -0.25) is 14.4 Å². The predicted molar refractivity (Wildman–Crippen MR) is 128 cm³/mol. The molecule has 0 saturated heterocycles. The van der Waals surface area contributed by atoms with E-state index in [9.17, 15) is 14.4 Å². The summed E-state index contributed by atoms with van der Waals surface area (Å²) in [6, 6.07) is 19.3. The monoisotopic (exact) mass is 465 g/mol. The van der Waals surface area contributed by atoms with Crippen molar-refractivity contribution >= 4 is 57.0 Å². The summed E-state index contributed by atoms with van der Waals surface area (Å²) in [5.74, 6) is -0.860. The summed E-state index contributed by atoms with van der Waals surface area (Å²) >= 11 is 1.13. The molecule has 5 aromatic rings. The Morgan fingerprint density at radius 2 is 1.59 bits per heavy atom. The number of rotatable bonds is 4. The van der Waals surface area contributed by atoms with Gasteiger partial charge in [0.15, 0.2) is 17.2 Å². The number of benzene rings is 3. The fourth-order valence-corrected chi connectivity index (χ4v) is 4.72. The van der Waals surface area contributed by atoms with Crippen molar-refractivity contribution in [2.75, 3.05) is 11.1 Å². The highest BCUT2D eigenvalue weighted by molar-refractivity contribution is 7.99. The third-order valence-corrected chi connectivity index (χ3v) is 6.50. The zero-order valence-corrected chi connectivity index (χ0v) is 18.3. The average molecular weight is 465 g/mol. The standard InChI is InChI=1S/C25H15N5O3S/c31-19(12-34-25-28-24-21(29-30-25)15-8-3-4-10-17(15)27-24)26-18-11-5-9-16-20(18)23(33)14-7-2-1-6-13(14)22(16)32/h1-11H,12H2,(H,26,31)(H,27,28,30). The number of thioether (sulfide) groups is 1. The highest BCUT2D eigenvalue weighted by Crippen LogP contribution is 2.32. The number of amides is 1. The second kappa shape index (κ2) is 7.89. The van der Waals surface area contributed by atoms with Crippen LogP contribution in [0.25, 0.3) is 22.1 Å². The van der Waals surface area contributed by atoms with Crippen molar-refractivity contribution in [3.8, 4) is 0 Å². The van der Waals surface area contributed by atoms with Crippen LogP contribution in [0.15, 0.2) is 71.9 Å². The predicted octanol–water partition coefficient (Wildman–Crippen LogP) is 4.01. The summed E-state index contributed by atoms with van der Waals surface area (Å²) in [4.78, 5) is 46.3. The molecule has 2 aromatic heterocycles. The largest absolute Gasteiger partial charge is 0.338 e. The minimum absolute atomic E-state index is 0.00973. The molecule has 9 heteroatoms. The Balaban J connectivity index is 1.22. The summed E-state index contributed by atoms with van der Waals surface area (Å²) < 4.78 is 0. The van der Waals surface area contributed by atoms with Crippen LogP contribution in [0.1, 0.15) is 31.8 Å². The molecule has 1 aliphatic rings. The van der Waals surface area contributed by atoms with Gasteiger partial charge in [-0.2, -0.15) is 0 Å². The number of ketones is 2. The van der Waals surface area contributed by atoms with Gasteiger partial charge in [0.05, 0.1) is 17.0 Å². The van der Waals surface area contributed by atoms with E-state index in [-0.39, 0.29) is 34.4 Å². The SMILES string of the molecule is O=C(CSc1nnc2c(n1)[nH]c1ccccc12)Nc1cccc2c1C(=O)c1ccccc1C2=O. The van der Waals surface area contributed by atoms with Crippen LogP contribution in [0.5, 0.6) is 0 Å². The summed E-state index contributed by atoms with van der Waals surface area (Å²) in [5.41, 5.74) is 3.68. The van der Waals surface area contributed by atoms with E-state index in [0.717, 1.165) is 22.7 Å². The fourth-order valence-electron chi connectivity index (χ4n) is 4.13. The highest BCUT2D eigenvalue weighted by atomic mass is 32.2. The van der Waals surface area contributed by atoms with Crippen molar-refractivity contribution in [1.29, 1.82) is 0 Å². The number of nitrogens with zero attached hydrogens (tertiary/aromatic N) is 3. The second-order valence-corrected chi connectivity index (χ2v) is 8.67. The molecule has 164 valence electrons. The third kappa shape index (κ3) is 3.25. The van der Waals surface area contributed by atoms with Crippen LogP contribution in [0, 0.1) is 0 Å². The van der Waals surface area contributed by atoms with Gasteiger partial charge < -0.3 is 10.3 Å². The van der Waals surface area contributed by atoms with Gasteiger partial charge in [-0.1, -0.05) is 66.4 Å². The van der Waals surface area contributed by atoms with Gasteiger partial charge in [0.25, 0.3) is 0 Å².